The maximum atomic E-state index is 12.4. The van der Waals surface area contributed by atoms with Gasteiger partial charge in [-0.3, -0.25) is 19.3 Å². The standard InChI is InChI=1S/C21H22N6O2.C11H13N5.C10H10ClNO3/c1-15(28)16-6-2-3-7-17(16)22-20(29)14-26-10-12-27(13-11-26)21-23-18-8-4-5-9-19(18)24-25-21;1-2-4-10-9(3-1)13-11(15-14-10)16-7-5-12-6-8-16;1-15-10(14)7-4-2-3-5-8(7)12-9(13)6-11/h2-9H,10-14H2,1H3,(H,22,29);1-4,12H,5-8H2;2-5H,6H2,1H3,(H,12,13). The quantitative estimate of drug-likeness (QED) is 0.107. The largest absolute Gasteiger partial charge is 0.465 e. The highest BCUT2D eigenvalue weighted by Gasteiger charge is 2.22. The number of para-hydroxylation sites is 4. The molecule has 2 aliphatic heterocycles. The Labute approximate surface area is 351 Å². The molecule has 0 spiro atoms. The van der Waals surface area contributed by atoms with Crippen LogP contribution in [0.15, 0.2) is 97.1 Å². The number of Topliss-reactive ketones (excluding diaryl/α,β-unsaturated/α-hetero) is 1. The number of benzene rings is 4. The van der Waals surface area contributed by atoms with Crippen molar-refractivity contribution in [1.82, 2.24) is 40.6 Å². The first-order chi connectivity index (χ1) is 29.2. The number of nitrogens with zero attached hydrogens (tertiary/aromatic N) is 9. The van der Waals surface area contributed by atoms with Crippen molar-refractivity contribution >= 4 is 80.5 Å². The number of amides is 2. The Hall–Kier alpha value is -6.69. The summed E-state index contributed by atoms with van der Waals surface area (Å²) >= 11 is 5.34. The minimum absolute atomic E-state index is 0.0708. The third kappa shape index (κ3) is 11.7. The average molecular weight is 833 g/mol. The van der Waals surface area contributed by atoms with Gasteiger partial charge in [0.05, 0.1) is 41.6 Å². The number of carbonyl (C=O) groups excluding carboxylic acids is 4. The predicted molar refractivity (Wildman–Crippen MR) is 231 cm³/mol. The van der Waals surface area contributed by atoms with Crippen LogP contribution in [0, 0.1) is 0 Å². The highest BCUT2D eigenvalue weighted by molar-refractivity contribution is 6.29. The molecule has 3 N–H and O–H groups in total. The Balaban J connectivity index is 0.000000165. The number of alkyl halides is 1. The topological polar surface area (TPSA) is 201 Å². The smallest absolute Gasteiger partial charge is 0.339 e. The van der Waals surface area contributed by atoms with Gasteiger partial charge >= 0.3 is 5.97 Å². The molecule has 4 aromatic carbocycles. The van der Waals surface area contributed by atoms with Gasteiger partial charge in [0.15, 0.2) is 5.78 Å². The Bertz CT molecular complexity index is 2420. The summed E-state index contributed by atoms with van der Waals surface area (Å²) in [6.07, 6.45) is 0. The summed E-state index contributed by atoms with van der Waals surface area (Å²) in [5.74, 6) is 0.126. The lowest BCUT2D eigenvalue weighted by molar-refractivity contribution is -0.117. The molecular weight excluding hydrogens is 788 g/mol. The number of nitrogens with one attached hydrogen (secondary N) is 3. The lowest BCUT2D eigenvalue weighted by Gasteiger charge is -2.34. The number of ether oxygens (including phenoxy) is 1. The summed E-state index contributed by atoms with van der Waals surface area (Å²) < 4.78 is 4.57. The molecule has 0 bridgehead atoms. The van der Waals surface area contributed by atoms with Crippen LogP contribution in [0.5, 0.6) is 0 Å². The molecule has 8 rings (SSSR count). The van der Waals surface area contributed by atoms with Crippen molar-refractivity contribution in [1.29, 1.82) is 0 Å². The first-order valence-electron chi connectivity index (χ1n) is 19.3. The highest BCUT2D eigenvalue weighted by atomic mass is 35.5. The average Bonchev–Trinajstić information content (AvgIpc) is 3.29. The molecule has 310 valence electrons. The minimum atomic E-state index is -0.500. The monoisotopic (exact) mass is 832 g/mol. The number of hydrogen-bond donors (Lipinski definition) is 3. The van der Waals surface area contributed by atoms with Crippen molar-refractivity contribution in [2.45, 2.75) is 6.92 Å². The van der Waals surface area contributed by atoms with Crippen LogP contribution in [0.1, 0.15) is 27.6 Å². The van der Waals surface area contributed by atoms with Gasteiger partial charge in [0, 0.05) is 57.9 Å². The number of ketones is 1. The van der Waals surface area contributed by atoms with E-state index in [1.807, 2.05) is 48.5 Å². The van der Waals surface area contributed by atoms with E-state index in [2.05, 4.69) is 65.7 Å². The van der Waals surface area contributed by atoms with Gasteiger partial charge in [-0.05, 0) is 55.5 Å². The molecule has 2 aliphatic rings. The third-order valence-corrected chi connectivity index (χ3v) is 9.67. The number of carbonyl (C=O) groups is 4. The molecule has 2 fully saturated rings. The van der Waals surface area contributed by atoms with E-state index in [9.17, 15) is 19.2 Å². The minimum Gasteiger partial charge on any atom is -0.465 e. The summed E-state index contributed by atoms with van der Waals surface area (Å²) in [6.45, 7) is 8.50. The maximum Gasteiger partial charge on any atom is 0.339 e. The number of anilines is 4. The van der Waals surface area contributed by atoms with Gasteiger partial charge < -0.3 is 30.5 Å². The predicted octanol–water partition coefficient (Wildman–Crippen LogP) is 4.07. The van der Waals surface area contributed by atoms with Gasteiger partial charge in [-0.15, -0.1) is 32.0 Å². The summed E-state index contributed by atoms with van der Waals surface area (Å²) in [6, 6.07) is 29.1. The Morgan fingerprint density at radius 1 is 0.617 bits per heavy atom. The van der Waals surface area contributed by atoms with E-state index in [4.69, 9.17) is 11.6 Å². The number of fused-ring (bicyclic) bond motifs is 2. The Morgan fingerprint density at radius 2 is 1.08 bits per heavy atom. The Morgan fingerprint density at radius 3 is 1.62 bits per heavy atom. The zero-order chi connectivity index (χ0) is 42.3. The van der Waals surface area contributed by atoms with Crippen LogP contribution in [0.2, 0.25) is 0 Å². The molecule has 60 heavy (non-hydrogen) atoms. The van der Waals surface area contributed by atoms with Crippen molar-refractivity contribution in [3.8, 4) is 0 Å². The van der Waals surface area contributed by atoms with E-state index in [0.717, 1.165) is 80.4 Å². The van der Waals surface area contributed by atoms with Gasteiger partial charge in [0.2, 0.25) is 23.7 Å². The van der Waals surface area contributed by atoms with Crippen LogP contribution >= 0.6 is 11.6 Å². The molecule has 0 atom stereocenters. The highest BCUT2D eigenvalue weighted by Crippen LogP contribution is 2.18. The van der Waals surface area contributed by atoms with E-state index in [-0.39, 0.29) is 30.0 Å². The number of rotatable bonds is 9. The molecule has 4 heterocycles. The van der Waals surface area contributed by atoms with Gasteiger partial charge in [0.1, 0.15) is 16.9 Å². The molecule has 6 aromatic rings. The normalized spacial score (nSPS) is 13.9. The van der Waals surface area contributed by atoms with Crippen LogP contribution in [0.25, 0.3) is 22.1 Å². The molecule has 18 heteroatoms. The van der Waals surface area contributed by atoms with Gasteiger partial charge in [-0.25, -0.2) is 14.8 Å². The zero-order valence-corrected chi connectivity index (χ0v) is 34.0. The van der Waals surface area contributed by atoms with Crippen molar-refractivity contribution < 1.29 is 23.9 Å². The molecule has 0 aliphatic carbocycles. The van der Waals surface area contributed by atoms with Gasteiger partial charge in [-0.1, -0.05) is 48.5 Å². The van der Waals surface area contributed by atoms with Crippen LogP contribution in [-0.4, -0.2) is 131 Å². The molecule has 2 aromatic heterocycles. The first-order valence-corrected chi connectivity index (χ1v) is 19.8. The summed E-state index contributed by atoms with van der Waals surface area (Å²) in [7, 11) is 1.28. The van der Waals surface area contributed by atoms with E-state index in [1.54, 1.807) is 48.5 Å². The van der Waals surface area contributed by atoms with Gasteiger partial charge in [0.25, 0.3) is 0 Å². The third-order valence-electron chi connectivity index (χ3n) is 9.43. The van der Waals surface area contributed by atoms with Crippen molar-refractivity contribution in [3.05, 3.63) is 108 Å². The summed E-state index contributed by atoms with van der Waals surface area (Å²) in [4.78, 5) is 61.9. The number of hydrogen-bond acceptors (Lipinski definition) is 15. The lowest BCUT2D eigenvalue weighted by Crippen LogP contribution is -2.49. The van der Waals surface area contributed by atoms with E-state index in [1.165, 1.54) is 14.0 Å². The van der Waals surface area contributed by atoms with E-state index < -0.39 is 5.97 Å². The Kier molecular flexibility index (Phi) is 15.3. The molecule has 0 radical (unpaired) electrons. The zero-order valence-electron chi connectivity index (χ0n) is 33.3. The van der Waals surface area contributed by atoms with Crippen LogP contribution in [-0.2, 0) is 14.3 Å². The second kappa shape index (κ2) is 21.4. The van der Waals surface area contributed by atoms with E-state index in [0.29, 0.717) is 28.5 Å². The fraction of sp³-hybridized carbons (Fsp3) is 0.286. The second-order valence-corrected chi connectivity index (χ2v) is 13.8. The molecule has 2 saturated heterocycles. The second-order valence-electron chi connectivity index (χ2n) is 13.6. The fourth-order valence-electron chi connectivity index (χ4n) is 6.34. The number of methoxy groups -OCH3 is 1. The molecule has 17 nitrogen and oxygen atoms in total. The van der Waals surface area contributed by atoms with Crippen LogP contribution < -0.4 is 25.8 Å². The molecule has 0 unspecified atom stereocenters. The van der Waals surface area contributed by atoms with Gasteiger partial charge in [-0.2, -0.15) is 0 Å². The fourth-order valence-corrected chi connectivity index (χ4v) is 6.41. The number of esters is 1. The summed E-state index contributed by atoms with van der Waals surface area (Å²) in [5, 5.41) is 25.5. The summed E-state index contributed by atoms with van der Waals surface area (Å²) in [5.41, 5.74) is 5.13. The first kappa shape index (κ1) is 42.9. The number of piperazine rings is 2. The molecule has 0 saturated carbocycles. The number of halogens is 1. The van der Waals surface area contributed by atoms with E-state index >= 15 is 0 Å². The van der Waals surface area contributed by atoms with Crippen LogP contribution in [0.4, 0.5) is 23.3 Å². The molecular formula is C42H45ClN12O5. The van der Waals surface area contributed by atoms with Crippen molar-refractivity contribution in [2.24, 2.45) is 0 Å². The van der Waals surface area contributed by atoms with Crippen molar-refractivity contribution in [3.63, 3.8) is 0 Å². The maximum absolute atomic E-state index is 12.4. The van der Waals surface area contributed by atoms with Crippen molar-refractivity contribution in [2.75, 3.05) is 92.3 Å². The lowest BCUT2D eigenvalue weighted by atomic mass is 10.1. The SMILES string of the molecule is CC(=O)c1ccccc1NC(=O)CN1CCN(c2nnc3ccccc3n2)CC1.COC(=O)c1ccccc1NC(=O)CCl.c1ccc2nc(N3CCNCC3)nnc2c1. The number of aromatic nitrogens is 6. The van der Waals surface area contributed by atoms with Crippen LogP contribution in [0.3, 0.4) is 0 Å². The molecule has 2 amide bonds.